The molecule has 2 aliphatic heterocycles. The van der Waals surface area contributed by atoms with E-state index < -0.39 is 15.9 Å². The minimum atomic E-state index is -4.39. The molecule has 0 radical (unpaired) electrons. The standard InChI is InChI=1S/C15H15NO5S3/c1-9-6-11-7-10(2-3-12(11)21-9)8-13-14(17)16(15(22)23-13)4-5-24(18,19)20/h2-3,7-9H,4-6H2,1H3,(H,18,19,20)/p-1/b13-8-/t9-/m1/s1. The molecule has 0 unspecified atom stereocenters. The van der Waals surface area contributed by atoms with Crippen LogP contribution >= 0.6 is 24.0 Å². The van der Waals surface area contributed by atoms with Crippen molar-refractivity contribution < 1.29 is 22.5 Å². The van der Waals surface area contributed by atoms with Gasteiger partial charge < -0.3 is 9.29 Å². The molecule has 0 spiro atoms. The van der Waals surface area contributed by atoms with Gasteiger partial charge in [0.15, 0.2) is 0 Å². The SMILES string of the molecule is C[C@@H]1Cc2cc(/C=C3\SC(=S)N(CCS(=O)(=O)[O-])C3=O)ccc2O1. The first-order chi connectivity index (χ1) is 11.2. The van der Waals surface area contributed by atoms with E-state index in [0.29, 0.717) is 4.91 Å². The Morgan fingerprint density at radius 3 is 2.96 bits per heavy atom. The van der Waals surface area contributed by atoms with Gasteiger partial charge in [-0.15, -0.1) is 0 Å². The summed E-state index contributed by atoms with van der Waals surface area (Å²) >= 11 is 6.21. The van der Waals surface area contributed by atoms with Crippen molar-refractivity contribution in [2.24, 2.45) is 0 Å². The zero-order chi connectivity index (χ0) is 17.5. The maximum Gasteiger partial charge on any atom is 0.266 e. The number of thioether (sulfide) groups is 1. The highest BCUT2D eigenvalue weighted by Gasteiger charge is 2.32. The van der Waals surface area contributed by atoms with Gasteiger partial charge in [0.2, 0.25) is 0 Å². The minimum absolute atomic E-state index is 0.141. The summed E-state index contributed by atoms with van der Waals surface area (Å²) in [6.07, 6.45) is 2.68. The first-order valence-electron chi connectivity index (χ1n) is 7.21. The van der Waals surface area contributed by atoms with Crippen molar-refractivity contribution in [1.82, 2.24) is 4.90 Å². The van der Waals surface area contributed by atoms with Gasteiger partial charge in [0.05, 0.1) is 20.8 Å². The molecule has 1 atom stereocenters. The van der Waals surface area contributed by atoms with Crippen molar-refractivity contribution in [3.8, 4) is 5.75 Å². The van der Waals surface area contributed by atoms with Gasteiger partial charge in [0.25, 0.3) is 5.91 Å². The van der Waals surface area contributed by atoms with E-state index in [0.717, 1.165) is 40.0 Å². The molecule has 1 aromatic carbocycles. The minimum Gasteiger partial charge on any atom is -0.748 e. The third kappa shape index (κ3) is 3.80. The molecule has 9 heteroatoms. The molecule has 0 N–H and O–H groups in total. The quantitative estimate of drug-likeness (QED) is 0.444. The summed E-state index contributed by atoms with van der Waals surface area (Å²) in [5, 5.41) is 0. The van der Waals surface area contributed by atoms with Crippen LogP contribution in [0.1, 0.15) is 18.1 Å². The van der Waals surface area contributed by atoms with Gasteiger partial charge in [-0.1, -0.05) is 30.0 Å². The highest BCUT2D eigenvalue weighted by atomic mass is 32.2. The largest absolute Gasteiger partial charge is 0.748 e. The van der Waals surface area contributed by atoms with Crippen LogP contribution in [0.3, 0.4) is 0 Å². The first kappa shape index (κ1) is 17.4. The molecular weight excluding hydrogens is 370 g/mol. The zero-order valence-corrected chi connectivity index (χ0v) is 15.2. The van der Waals surface area contributed by atoms with Crippen LogP contribution in [0.2, 0.25) is 0 Å². The number of ether oxygens (including phenoxy) is 1. The molecule has 1 aromatic rings. The number of fused-ring (bicyclic) bond motifs is 1. The van der Waals surface area contributed by atoms with E-state index in [9.17, 15) is 17.8 Å². The van der Waals surface area contributed by atoms with Crippen LogP contribution in [0.25, 0.3) is 6.08 Å². The number of thiocarbonyl (C=S) groups is 1. The van der Waals surface area contributed by atoms with Crippen LogP contribution in [0.5, 0.6) is 5.75 Å². The molecule has 1 saturated heterocycles. The Labute approximate surface area is 149 Å². The summed E-state index contributed by atoms with van der Waals surface area (Å²) in [7, 11) is -4.39. The van der Waals surface area contributed by atoms with Crippen molar-refractivity contribution in [3.63, 3.8) is 0 Å². The summed E-state index contributed by atoms with van der Waals surface area (Å²) in [4.78, 5) is 13.9. The Morgan fingerprint density at radius 2 is 2.25 bits per heavy atom. The van der Waals surface area contributed by atoms with Crippen LogP contribution in [-0.2, 0) is 21.3 Å². The van der Waals surface area contributed by atoms with Gasteiger partial charge in [0, 0.05) is 13.0 Å². The molecule has 24 heavy (non-hydrogen) atoms. The molecule has 2 heterocycles. The van der Waals surface area contributed by atoms with E-state index in [1.807, 2.05) is 25.1 Å². The van der Waals surface area contributed by atoms with E-state index in [1.54, 1.807) is 6.08 Å². The number of rotatable bonds is 4. The Hall–Kier alpha value is -1.42. The average molecular weight is 384 g/mol. The molecule has 0 aliphatic carbocycles. The topological polar surface area (TPSA) is 86.7 Å². The van der Waals surface area contributed by atoms with Gasteiger partial charge in [0.1, 0.15) is 16.2 Å². The maximum absolute atomic E-state index is 12.4. The van der Waals surface area contributed by atoms with Gasteiger partial charge in [-0.2, -0.15) is 0 Å². The highest BCUT2D eigenvalue weighted by molar-refractivity contribution is 8.26. The van der Waals surface area contributed by atoms with E-state index in [2.05, 4.69) is 0 Å². The molecule has 0 aromatic heterocycles. The van der Waals surface area contributed by atoms with Crippen molar-refractivity contribution in [2.45, 2.75) is 19.4 Å². The fourth-order valence-corrected chi connectivity index (χ4v) is 4.29. The molecule has 1 fully saturated rings. The van der Waals surface area contributed by atoms with E-state index in [1.165, 1.54) is 0 Å². The molecule has 6 nitrogen and oxygen atoms in total. The second kappa shape index (κ2) is 6.47. The van der Waals surface area contributed by atoms with Gasteiger partial charge >= 0.3 is 0 Å². The molecule has 128 valence electrons. The number of hydrogen-bond acceptors (Lipinski definition) is 7. The summed E-state index contributed by atoms with van der Waals surface area (Å²) in [6, 6.07) is 5.69. The molecule has 3 rings (SSSR count). The van der Waals surface area contributed by atoms with Gasteiger partial charge in [-0.05, 0) is 36.3 Å². The Balaban J connectivity index is 1.78. The lowest BCUT2D eigenvalue weighted by atomic mass is 10.1. The molecular formula is C15H14NO5S3-. The Morgan fingerprint density at radius 1 is 1.50 bits per heavy atom. The van der Waals surface area contributed by atoms with Crippen LogP contribution in [0.15, 0.2) is 23.1 Å². The summed E-state index contributed by atoms with van der Waals surface area (Å²) in [5.41, 5.74) is 1.94. The number of benzene rings is 1. The summed E-state index contributed by atoms with van der Waals surface area (Å²) < 4.78 is 38.1. The second-order valence-corrected chi connectivity index (χ2v) is 8.79. The van der Waals surface area contributed by atoms with Crippen molar-refractivity contribution in [3.05, 3.63) is 34.2 Å². The lowest BCUT2D eigenvalue weighted by molar-refractivity contribution is -0.121. The smallest absolute Gasteiger partial charge is 0.266 e. The monoisotopic (exact) mass is 384 g/mol. The molecule has 0 saturated carbocycles. The normalized spacial score (nSPS) is 22.2. The third-order valence-corrected chi connectivity index (χ3v) is 5.72. The van der Waals surface area contributed by atoms with E-state index in [-0.39, 0.29) is 22.9 Å². The summed E-state index contributed by atoms with van der Waals surface area (Å²) in [6.45, 7) is 1.78. The Kier molecular flexibility index (Phi) is 4.69. The zero-order valence-electron chi connectivity index (χ0n) is 12.7. The summed E-state index contributed by atoms with van der Waals surface area (Å²) in [5.74, 6) is -0.174. The highest BCUT2D eigenvalue weighted by Crippen LogP contribution is 2.34. The van der Waals surface area contributed by atoms with Crippen molar-refractivity contribution in [1.29, 1.82) is 0 Å². The fraction of sp³-hybridized carbons (Fsp3) is 0.333. The van der Waals surface area contributed by atoms with Crippen LogP contribution in [0, 0.1) is 0 Å². The lowest BCUT2D eigenvalue weighted by Gasteiger charge is -2.15. The predicted molar refractivity (Wildman–Crippen MR) is 94.7 cm³/mol. The lowest BCUT2D eigenvalue weighted by Crippen LogP contribution is -2.32. The number of nitrogens with zero attached hydrogens (tertiary/aromatic N) is 1. The third-order valence-electron chi connectivity index (χ3n) is 3.66. The van der Waals surface area contributed by atoms with Gasteiger partial charge in [-0.25, -0.2) is 8.42 Å². The number of carbonyl (C=O) groups is 1. The molecule has 0 bridgehead atoms. The van der Waals surface area contributed by atoms with Crippen molar-refractivity contribution >= 4 is 50.4 Å². The number of carbonyl (C=O) groups excluding carboxylic acids is 1. The predicted octanol–water partition coefficient (Wildman–Crippen LogP) is 1.76. The fourth-order valence-electron chi connectivity index (χ4n) is 2.58. The van der Waals surface area contributed by atoms with Crippen LogP contribution < -0.4 is 4.74 Å². The Bertz CT molecular complexity index is 847. The molecule has 2 aliphatic rings. The first-order valence-corrected chi connectivity index (χ1v) is 10.0. The number of hydrogen-bond donors (Lipinski definition) is 0. The molecule has 1 amide bonds. The van der Waals surface area contributed by atoms with Crippen LogP contribution in [0.4, 0.5) is 0 Å². The van der Waals surface area contributed by atoms with Gasteiger partial charge in [-0.3, -0.25) is 9.69 Å². The van der Waals surface area contributed by atoms with Crippen LogP contribution in [-0.4, -0.2) is 46.5 Å². The van der Waals surface area contributed by atoms with Crippen molar-refractivity contribution in [2.75, 3.05) is 12.3 Å². The van der Waals surface area contributed by atoms with E-state index >= 15 is 0 Å². The van der Waals surface area contributed by atoms with E-state index in [4.69, 9.17) is 17.0 Å². The maximum atomic E-state index is 12.4. The second-order valence-electron chi connectivity index (χ2n) is 5.59. The average Bonchev–Trinajstić information content (AvgIpc) is 2.96. The number of amides is 1.